The third-order valence-electron chi connectivity index (χ3n) is 3.39. The number of halogens is 2. The molecule has 1 aromatic carbocycles. The van der Waals surface area contributed by atoms with Gasteiger partial charge in [-0.25, -0.2) is 9.37 Å². The average Bonchev–Trinajstić information content (AvgIpc) is 2.47. The number of nitrogens with zero attached hydrogens (tertiary/aromatic N) is 2. The molecule has 5 heteroatoms. The number of pyridine rings is 1. The van der Waals surface area contributed by atoms with Crippen molar-refractivity contribution in [2.24, 2.45) is 0 Å². The molecule has 1 aromatic heterocycles. The summed E-state index contributed by atoms with van der Waals surface area (Å²) in [7, 11) is 1.83. The Kier molecular flexibility index (Phi) is 4.57. The largest absolute Gasteiger partial charge is 0.392 e. The summed E-state index contributed by atoms with van der Waals surface area (Å²) in [6.45, 7) is 1.74. The van der Waals surface area contributed by atoms with Crippen molar-refractivity contribution in [1.29, 1.82) is 0 Å². The first-order valence-electron chi connectivity index (χ1n) is 6.27. The third kappa shape index (κ3) is 2.92. The van der Waals surface area contributed by atoms with Crippen molar-refractivity contribution in [2.45, 2.75) is 19.6 Å². The molecule has 0 radical (unpaired) electrons. The van der Waals surface area contributed by atoms with Gasteiger partial charge in [0.25, 0.3) is 0 Å². The maximum atomic E-state index is 13.8. The predicted molar refractivity (Wildman–Crippen MR) is 78.4 cm³/mol. The number of aliphatic hydroxyl groups is 1. The summed E-state index contributed by atoms with van der Waals surface area (Å²) in [5, 5.41) is 9.65. The van der Waals surface area contributed by atoms with Gasteiger partial charge in [-0.1, -0.05) is 29.8 Å². The minimum Gasteiger partial charge on any atom is -0.392 e. The van der Waals surface area contributed by atoms with E-state index in [-0.39, 0.29) is 18.5 Å². The molecule has 2 aromatic rings. The fourth-order valence-electron chi connectivity index (χ4n) is 2.00. The van der Waals surface area contributed by atoms with Gasteiger partial charge in [0, 0.05) is 24.4 Å². The molecule has 0 aliphatic rings. The molecule has 0 aliphatic carbocycles. The highest BCUT2D eigenvalue weighted by Crippen LogP contribution is 2.27. The predicted octanol–water partition coefficient (Wildman–Crippen LogP) is 3.56. The van der Waals surface area contributed by atoms with Gasteiger partial charge < -0.3 is 10.0 Å². The maximum absolute atomic E-state index is 13.8. The van der Waals surface area contributed by atoms with Crippen LogP contribution in [0.25, 0.3) is 0 Å². The van der Waals surface area contributed by atoms with Gasteiger partial charge in [-0.3, -0.25) is 0 Å². The summed E-state index contributed by atoms with van der Waals surface area (Å²) in [4.78, 5) is 6.06. The third-order valence-corrected chi connectivity index (χ3v) is 3.73. The lowest BCUT2D eigenvalue weighted by Crippen LogP contribution is -2.23. The lowest BCUT2D eigenvalue weighted by atomic mass is 10.1. The van der Waals surface area contributed by atoms with Crippen molar-refractivity contribution >= 4 is 17.4 Å². The molecule has 0 amide bonds. The Labute approximate surface area is 122 Å². The van der Waals surface area contributed by atoms with Crippen LogP contribution in [-0.4, -0.2) is 17.1 Å². The van der Waals surface area contributed by atoms with Gasteiger partial charge >= 0.3 is 0 Å². The van der Waals surface area contributed by atoms with Crippen molar-refractivity contribution in [3.8, 4) is 0 Å². The van der Waals surface area contributed by atoms with E-state index in [0.717, 1.165) is 0 Å². The molecule has 3 nitrogen and oxygen atoms in total. The van der Waals surface area contributed by atoms with Crippen LogP contribution in [-0.2, 0) is 6.61 Å². The fourth-order valence-corrected chi connectivity index (χ4v) is 2.17. The Morgan fingerprint density at radius 3 is 2.75 bits per heavy atom. The topological polar surface area (TPSA) is 36.4 Å². The highest BCUT2D eigenvalue weighted by Gasteiger charge is 2.17. The number of aliphatic hydroxyl groups excluding tert-OH is 1. The zero-order valence-electron chi connectivity index (χ0n) is 11.3. The molecule has 1 atom stereocenters. The van der Waals surface area contributed by atoms with E-state index < -0.39 is 0 Å². The summed E-state index contributed by atoms with van der Waals surface area (Å²) in [6.07, 6.45) is 1.49. The second-order valence-corrected chi connectivity index (χ2v) is 5.01. The molecule has 0 bridgehead atoms. The summed E-state index contributed by atoms with van der Waals surface area (Å²) in [5.41, 5.74) is 1.20. The lowest BCUT2D eigenvalue weighted by molar-refractivity contribution is 0.282. The van der Waals surface area contributed by atoms with Gasteiger partial charge in [-0.15, -0.1) is 0 Å². The van der Waals surface area contributed by atoms with Gasteiger partial charge in [-0.2, -0.15) is 0 Å². The van der Waals surface area contributed by atoms with Crippen molar-refractivity contribution in [1.82, 2.24) is 4.98 Å². The van der Waals surface area contributed by atoms with E-state index in [1.165, 1.54) is 12.3 Å². The average molecular weight is 295 g/mol. The first-order valence-corrected chi connectivity index (χ1v) is 6.65. The summed E-state index contributed by atoms with van der Waals surface area (Å²) >= 11 is 5.92. The summed E-state index contributed by atoms with van der Waals surface area (Å²) in [5.74, 6) is 0.386. The lowest BCUT2D eigenvalue weighted by Gasteiger charge is -2.27. The van der Waals surface area contributed by atoms with E-state index in [2.05, 4.69) is 4.98 Å². The van der Waals surface area contributed by atoms with Crippen LogP contribution in [0.4, 0.5) is 10.2 Å². The number of benzene rings is 1. The van der Waals surface area contributed by atoms with E-state index in [0.29, 0.717) is 22.0 Å². The van der Waals surface area contributed by atoms with Crippen LogP contribution in [0, 0.1) is 5.82 Å². The number of rotatable bonds is 4. The first-order chi connectivity index (χ1) is 9.54. The van der Waals surface area contributed by atoms with Crippen LogP contribution < -0.4 is 4.90 Å². The van der Waals surface area contributed by atoms with Crippen LogP contribution in [0.15, 0.2) is 36.5 Å². The van der Waals surface area contributed by atoms with Gasteiger partial charge in [0.05, 0.1) is 17.7 Å². The smallest absolute Gasteiger partial charge is 0.129 e. The van der Waals surface area contributed by atoms with Crippen LogP contribution in [0.1, 0.15) is 24.1 Å². The molecule has 106 valence electrons. The van der Waals surface area contributed by atoms with E-state index in [1.54, 1.807) is 24.3 Å². The molecule has 0 aliphatic heterocycles. The molecule has 1 N–H and O–H groups in total. The van der Waals surface area contributed by atoms with Crippen molar-refractivity contribution in [3.63, 3.8) is 0 Å². The van der Waals surface area contributed by atoms with E-state index in [1.807, 2.05) is 18.9 Å². The highest BCUT2D eigenvalue weighted by atomic mass is 35.5. The zero-order valence-corrected chi connectivity index (χ0v) is 12.1. The molecule has 20 heavy (non-hydrogen) atoms. The molecule has 2 rings (SSSR count). The SMILES string of the molecule is CC(c1ccccc1F)N(C)c1cc(CO)c(Cl)cn1. The van der Waals surface area contributed by atoms with Crippen LogP contribution >= 0.6 is 11.6 Å². The number of hydrogen-bond donors (Lipinski definition) is 1. The van der Waals surface area contributed by atoms with Crippen LogP contribution in [0.3, 0.4) is 0 Å². The zero-order chi connectivity index (χ0) is 14.7. The molecule has 0 saturated heterocycles. The first kappa shape index (κ1) is 14.8. The van der Waals surface area contributed by atoms with Crippen molar-refractivity contribution in [2.75, 3.05) is 11.9 Å². The molecule has 1 unspecified atom stereocenters. The standard InChI is InChI=1S/C15H16ClFN2O/c1-10(12-5-3-4-6-14(12)17)19(2)15-7-11(9-20)13(16)8-18-15/h3-8,10,20H,9H2,1-2H3. The minimum atomic E-state index is -0.247. The van der Waals surface area contributed by atoms with Crippen molar-refractivity contribution < 1.29 is 9.50 Å². The molecule has 0 spiro atoms. The number of hydrogen-bond acceptors (Lipinski definition) is 3. The Bertz CT molecular complexity index is 606. The van der Waals surface area contributed by atoms with Crippen LogP contribution in [0.2, 0.25) is 5.02 Å². The highest BCUT2D eigenvalue weighted by molar-refractivity contribution is 6.31. The Morgan fingerprint density at radius 1 is 1.40 bits per heavy atom. The second kappa shape index (κ2) is 6.20. The Balaban J connectivity index is 2.31. The molecular weight excluding hydrogens is 279 g/mol. The van der Waals surface area contributed by atoms with E-state index >= 15 is 0 Å². The van der Waals surface area contributed by atoms with Gasteiger partial charge in [0.15, 0.2) is 0 Å². The summed E-state index contributed by atoms with van der Waals surface area (Å²) < 4.78 is 13.8. The van der Waals surface area contributed by atoms with Gasteiger partial charge in [0.2, 0.25) is 0 Å². The monoisotopic (exact) mass is 294 g/mol. The van der Waals surface area contributed by atoms with Gasteiger partial charge in [-0.05, 0) is 19.1 Å². The fraction of sp³-hybridized carbons (Fsp3) is 0.267. The number of aromatic nitrogens is 1. The Morgan fingerprint density at radius 2 is 2.10 bits per heavy atom. The summed E-state index contributed by atoms with van der Waals surface area (Å²) in [6, 6.07) is 8.18. The molecule has 0 fully saturated rings. The minimum absolute atomic E-state index is 0.156. The maximum Gasteiger partial charge on any atom is 0.129 e. The quantitative estimate of drug-likeness (QED) is 0.936. The van der Waals surface area contributed by atoms with Gasteiger partial charge in [0.1, 0.15) is 11.6 Å². The normalized spacial score (nSPS) is 12.2. The number of anilines is 1. The molecule has 0 saturated carbocycles. The molecular formula is C15H16ClFN2O. The van der Waals surface area contributed by atoms with E-state index in [9.17, 15) is 9.50 Å². The van der Waals surface area contributed by atoms with Crippen LogP contribution in [0.5, 0.6) is 0 Å². The van der Waals surface area contributed by atoms with Crippen molar-refractivity contribution in [3.05, 3.63) is 58.5 Å². The Hall–Kier alpha value is -1.65. The van der Waals surface area contributed by atoms with E-state index in [4.69, 9.17) is 11.6 Å². The second-order valence-electron chi connectivity index (χ2n) is 4.60. The molecule has 1 heterocycles.